The molecule has 24 heavy (non-hydrogen) atoms. The number of anilines is 1. The predicted octanol–water partition coefficient (Wildman–Crippen LogP) is 0.532. The molecule has 0 spiro atoms. The van der Waals surface area contributed by atoms with Gasteiger partial charge in [-0.2, -0.15) is 0 Å². The molecular weight excluding hydrogens is 316 g/mol. The van der Waals surface area contributed by atoms with Crippen molar-refractivity contribution in [1.29, 1.82) is 0 Å². The quantitative estimate of drug-likeness (QED) is 0.762. The van der Waals surface area contributed by atoms with Crippen LogP contribution in [-0.2, 0) is 23.7 Å². The molecule has 0 bridgehead atoms. The monoisotopic (exact) mass is 336 g/mol. The van der Waals surface area contributed by atoms with E-state index in [1.807, 2.05) is 18.2 Å². The highest BCUT2D eigenvalue weighted by atomic mass is 16.6. The van der Waals surface area contributed by atoms with E-state index in [2.05, 4.69) is 15.4 Å². The largest absolute Gasteiger partial charge is 0.467 e. The van der Waals surface area contributed by atoms with Crippen LogP contribution in [0.5, 0.6) is 0 Å². The molecule has 2 saturated heterocycles. The molecule has 0 aromatic heterocycles. The molecular formula is C16H20N2O6. The second-order valence-electron chi connectivity index (χ2n) is 5.59. The molecule has 2 aliphatic heterocycles. The predicted molar refractivity (Wildman–Crippen MR) is 83.6 cm³/mol. The van der Waals surface area contributed by atoms with Gasteiger partial charge in [-0.15, -0.1) is 0 Å². The molecule has 3 rings (SSSR count). The highest BCUT2D eigenvalue weighted by Crippen LogP contribution is 2.29. The first-order valence-corrected chi connectivity index (χ1v) is 7.71. The first-order valence-electron chi connectivity index (χ1n) is 7.71. The number of amides is 2. The van der Waals surface area contributed by atoms with Crippen LogP contribution in [0.25, 0.3) is 0 Å². The van der Waals surface area contributed by atoms with Crippen LogP contribution in [0.3, 0.4) is 0 Å². The van der Waals surface area contributed by atoms with E-state index >= 15 is 0 Å². The summed E-state index contributed by atoms with van der Waals surface area (Å²) < 4.78 is 21.4. The highest BCUT2D eigenvalue weighted by molar-refractivity contribution is 5.89. The Hall–Kier alpha value is -2.16. The Bertz CT molecular complexity index is 581. The number of benzene rings is 1. The number of hydrogen-bond acceptors (Lipinski definition) is 6. The fourth-order valence-electron chi connectivity index (χ4n) is 2.82. The Balaban J connectivity index is 1.49. The lowest BCUT2D eigenvalue weighted by molar-refractivity contribution is -0.150. The van der Waals surface area contributed by atoms with Crippen LogP contribution in [0, 0.1) is 0 Å². The van der Waals surface area contributed by atoms with Gasteiger partial charge in [-0.3, -0.25) is 0 Å². The number of urea groups is 1. The van der Waals surface area contributed by atoms with Gasteiger partial charge in [0.25, 0.3) is 0 Å². The van der Waals surface area contributed by atoms with Gasteiger partial charge in [0.1, 0.15) is 24.9 Å². The van der Waals surface area contributed by atoms with Crippen LogP contribution < -0.4 is 10.6 Å². The molecule has 0 radical (unpaired) electrons. The van der Waals surface area contributed by atoms with Crippen LogP contribution >= 0.6 is 0 Å². The summed E-state index contributed by atoms with van der Waals surface area (Å²) in [5, 5.41) is 5.60. The fraction of sp³-hybridized carbons (Fsp3) is 0.500. The van der Waals surface area contributed by atoms with Gasteiger partial charge in [0.2, 0.25) is 0 Å². The average Bonchev–Trinajstić information content (AvgIpc) is 3.16. The zero-order valence-corrected chi connectivity index (χ0v) is 13.3. The Morgan fingerprint density at radius 3 is 2.67 bits per heavy atom. The van der Waals surface area contributed by atoms with Crippen molar-refractivity contribution in [2.45, 2.75) is 24.4 Å². The number of carbonyl (C=O) groups excluding carboxylic acids is 2. The molecule has 0 unspecified atom stereocenters. The Morgan fingerprint density at radius 1 is 1.17 bits per heavy atom. The van der Waals surface area contributed by atoms with Crippen molar-refractivity contribution in [3.63, 3.8) is 0 Å². The number of carbonyl (C=O) groups is 2. The number of esters is 1. The minimum Gasteiger partial charge on any atom is -0.467 e. The summed E-state index contributed by atoms with van der Waals surface area (Å²) in [6.45, 7) is 0.490. The third-order valence-corrected chi connectivity index (χ3v) is 4.00. The molecule has 2 aliphatic rings. The topological polar surface area (TPSA) is 95.1 Å². The Morgan fingerprint density at radius 2 is 1.92 bits per heavy atom. The van der Waals surface area contributed by atoms with Gasteiger partial charge < -0.3 is 29.6 Å². The van der Waals surface area contributed by atoms with E-state index in [9.17, 15) is 9.59 Å². The lowest BCUT2D eigenvalue weighted by atomic mass is 10.1. The fourth-order valence-corrected chi connectivity index (χ4v) is 2.82. The van der Waals surface area contributed by atoms with Crippen molar-refractivity contribution in [1.82, 2.24) is 5.32 Å². The second-order valence-corrected chi connectivity index (χ2v) is 5.59. The van der Waals surface area contributed by atoms with Gasteiger partial charge in [0.05, 0.1) is 26.4 Å². The van der Waals surface area contributed by atoms with Gasteiger partial charge in [-0.25, -0.2) is 9.59 Å². The summed E-state index contributed by atoms with van der Waals surface area (Å²) in [7, 11) is 1.30. The molecule has 2 N–H and O–H groups in total. The average molecular weight is 336 g/mol. The second kappa shape index (κ2) is 7.61. The number of para-hydroxylation sites is 1. The minimum atomic E-state index is -0.451. The molecule has 2 amide bonds. The molecule has 8 nitrogen and oxygen atoms in total. The van der Waals surface area contributed by atoms with E-state index < -0.39 is 5.97 Å². The highest BCUT2D eigenvalue weighted by Gasteiger charge is 2.49. The molecule has 2 heterocycles. The van der Waals surface area contributed by atoms with Crippen LogP contribution in [0.2, 0.25) is 0 Å². The number of ether oxygens (including phenoxy) is 4. The standard InChI is InChI=1S/C16H20N2O6/c1-21-13(19)9-22-12-8-24-14-11(7-23-15(12)14)18-16(20)17-10-5-3-2-4-6-10/h2-6,11-12,14-15H,7-9H2,1H3,(H2,17,18,20)/t11-,12-,14-,15+/m0/s1. The van der Waals surface area contributed by atoms with Crippen LogP contribution in [0.15, 0.2) is 30.3 Å². The molecule has 1 aromatic rings. The van der Waals surface area contributed by atoms with Crippen LogP contribution in [-0.4, -0.2) is 63.3 Å². The van der Waals surface area contributed by atoms with Crippen molar-refractivity contribution >= 4 is 17.7 Å². The van der Waals surface area contributed by atoms with Crippen molar-refractivity contribution < 1.29 is 28.5 Å². The van der Waals surface area contributed by atoms with Gasteiger partial charge >= 0.3 is 12.0 Å². The smallest absolute Gasteiger partial charge is 0.331 e. The summed E-state index contributed by atoms with van der Waals surface area (Å²) in [4.78, 5) is 23.2. The molecule has 1 aromatic carbocycles. The number of nitrogens with one attached hydrogen (secondary N) is 2. The third-order valence-electron chi connectivity index (χ3n) is 4.00. The van der Waals surface area contributed by atoms with Gasteiger partial charge in [0.15, 0.2) is 0 Å². The summed E-state index contributed by atoms with van der Waals surface area (Å²) in [6.07, 6.45) is -0.955. The first kappa shape index (κ1) is 16.7. The number of methoxy groups -OCH3 is 1. The summed E-state index contributed by atoms with van der Waals surface area (Å²) in [5.74, 6) is -0.451. The number of fused-ring (bicyclic) bond motifs is 1. The lowest BCUT2D eigenvalue weighted by Gasteiger charge is -2.18. The van der Waals surface area contributed by atoms with E-state index in [0.717, 1.165) is 0 Å². The minimum absolute atomic E-state index is 0.149. The summed E-state index contributed by atoms with van der Waals surface area (Å²) in [5.41, 5.74) is 0.706. The molecule has 8 heteroatoms. The molecule has 130 valence electrons. The lowest BCUT2D eigenvalue weighted by Crippen LogP contribution is -2.46. The van der Waals surface area contributed by atoms with E-state index in [-0.39, 0.29) is 37.0 Å². The Labute approximate surface area is 139 Å². The zero-order valence-electron chi connectivity index (χ0n) is 13.3. The molecule has 4 atom stereocenters. The van der Waals surface area contributed by atoms with Crippen molar-refractivity contribution in [2.24, 2.45) is 0 Å². The van der Waals surface area contributed by atoms with Crippen LogP contribution in [0.4, 0.5) is 10.5 Å². The summed E-state index contributed by atoms with van der Waals surface area (Å²) >= 11 is 0. The van der Waals surface area contributed by atoms with Gasteiger partial charge in [-0.1, -0.05) is 18.2 Å². The van der Waals surface area contributed by atoms with Crippen molar-refractivity contribution in [2.75, 3.05) is 32.2 Å². The maximum absolute atomic E-state index is 12.1. The third kappa shape index (κ3) is 3.84. The zero-order chi connectivity index (χ0) is 16.9. The SMILES string of the molecule is COC(=O)CO[C@H]1CO[C@@H]2[C@@H]1OC[C@@H]2NC(=O)Nc1ccccc1. The van der Waals surface area contributed by atoms with E-state index in [0.29, 0.717) is 18.9 Å². The van der Waals surface area contributed by atoms with Crippen molar-refractivity contribution in [3.05, 3.63) is 30.3 Å². The summed E-state index contributed by atoms with van der Waals surface area (Å²) in [6, 6.07) is 8.57. The van der Waals surface area contributed by atoms with E-state index in [1.54, 1.807) is 12.1 Å². The number of hydrogen-bond donors (Lipinski definition) is 2. The maximum Gasteiger partial charge on any atom is 0.331 e. The normalized spacial score (nSPS) is 28.2. The first-order chi connectivity index (χ1) is 11.7. The van der Waals surface area contributed by atoms with Gasteiger partial charge in [-0.05, 0) is 12.1 Å². The molecule has 2 fully saturated rings. The number of rotatable bonds is 5. The molecule has 0 saturated carbocycles. The van der Waals surface area contributed by atoms with E-state index in [4.69, 9.17) is 14.2 Å². The van der Waals surface area contributed by atoms with Crippen LogP contribution in [0.1, 0.15) is 0 Å². The maximum atomic E-state index is 12.1. The molecule has 0 aliphatic carbocycles. The van der Waals surface area contributed by atoms with Crippen molar-refractivity contribution in [3.8, 4) is 0 Å². The Kier molecular flexibility index (Phi) is 5.29. The van der Waals surface area contributed by atoms with E-state index in [1.165, 1.54) is 7.11 Å². The van der Waals surface area contributed by atoms with Gasteiger partial charge in [0, 0.05) is 5.69 Å².